The Kier molecular flexibility index (Phi) is 11.0. The summed E-state index contributed by atoms with van der Waals surface area (Å²) in [5, 5.41) is 16.3. The van der Waals surface area contributed by atoms with E-state index < -0.39 is 0 Å². The average molecular weight is 659 g/mol. The summed E-state index contributed by atoms with van der Waals surface area (Å²) >= 11 is 0. The monoisotopic (exact) mass is 658 g/mol. The van der Waals surface area contributed by atoms with Crippen LogP contribution in [0.4, 0.5) is 11.6 Å². The van der Waals surface area contributed by atoms with Crippen LogP contribution in [0.3, 0.4) is 0 Å². The van der Waals surface area contributed by atoms with Gasteiger partial charge in [-0.25, -0.2) is 19.0 Å². The lowest BCUT2D eigenvalue weighted by atomic mass is 10.2. The van der Waals surface area contributed by atoms with Crippen LogP contribution in [0.15, 0.2) is 97.3 Å². The average Bonchev–Trinajstić information content (AvgIpc) is 3.94. The van der Waals surface area contributed by atoms with Crippen molar-refractivity contribution in [3.8, 4) is 22.5 Å². The van der Waals surface area contributed by atoms with Crippen molar-refractivity contribution in [1.29, 1.82) is 0 Å². The number of fused-ring (bicyclic) bond motifs is 2. The van der Waals surface area contributed by atoms with E-state index in [1.807, 2.05) is 82.1 Å². The molecule has 0 radical (unpaired) electrons. The second kappa shape index (κ2) is 16.5. The molecule has 2 N–H and O–H groups in total. The number of benzene rings is 2. The zero-order chi connectivity index (χ0) is 33.1. The van der Waals surface area contributed by atoms with Gasteiger partial charge in [-0.3, -0.25) is 4.90 Å². The molecule has 2 aliphatic heterocycles. The molecule has 0 unspecified atom stereocenters. The normalized spacial score (nSPS) is 15.3. The van der Waals surface area contributed by atoms with Crippen molar-refractivity contribution < 1.29 is 4.74 Å². The molecule has 2 saturated heterocycles. The number of imidazole rings is 2. The van der Waals surface area contributed by atoms with E-state index in [-0.39, 0.29) is 0 Å². The third-order valence-corrected chi connectivity index (χ3v) is 9.08. The van der Waals surface area contributed by atoms with E-state index in [0.717, 1.165) is 104 Å². The maximum Gasteiger partial charge on any atom is 0.154 e. The number of ether oxygens (including phenoxy) is 1. The van der Waals surface area contributed by atoms with E-state index in [1.165, 1.54) is 32.5 Å². The van der Waals surface area contributed by atoms with Crippen LogP contribution in [-0.4, -0.2) is 105 Å². The number of anilines is 2. The standard InChI is InChI=1S/C19H23N5O.C19H23N5/c1-2-5-16(6-3-1)17-15-21-19-8-7-18(22-24(17)19)20-9-4-10-23-11-13-25-14-12-23;1-2-7-16(8-3-1)17-15-21-19-10-9-18(22-24(17)19)20-11-6-14-23-12-4-5-13-23/h1-3,5-8,15H,4,9-14H2,(H,20,22);1-3,7-10,15H,4-6,11-14H2,(H,20,22). The number of aromatic nitrogens is 6. The van der Waals surface area contributed by atoms with Crippen molar-refractivity contribution in [3.63, 3.8) is 0 Å². The molecule has 49 heavy (non-hydrogen) atoms. The van der Waals surface area contributed by atoms with Crippen LogP contribution in [-0.2, 0) is 4.74 Å². The van der Waals surface area contributed by atoms with Crippen molar-refractivity contribution in [3.05, 3.63) is 97.3 Å². The van der Waals surface area contributed by atoms with E-state index in [1.54, 1.807) is 0 Å². The van der Waals surface area contributed by atoms with Crippen molar-refractivity contribution >= 4 is 22.9 Å². The highest BCUT2D eigenvalue weighted by Gasteiger charge is 2.12. The lowest BCUT2D eigenvalue weighted by Crippen LogP contribution is -2.37. The van der Waals surface area contributed by atoms with Gasteiger partial charge in [-0.15, -0.1) is 10.2 Å². The summed E-state index contributed by atoms with van der Waals surface area (Å²) in [5.41, 5.74) is 6.00. The molecule has 4 aromatic heterocycles. The highest BCUT2D eigenvalue weighted by Crippen LogP contribution is 2.22. The van der Waals surface area contributed by atoms with Gasteiger partial charge in [0.05, 0.1) is 37.0 Å². The SMILES string of the molecule is c1ccc(-c2cnc3ccc(NCCCN4CCCC4)nn23)cc1.c1ccc(-c2cnc3ccc(NCCCN4CCOCC4)nn23)cc1. The smallest absolute Gasteiger partial charge is 0.154 e. The van der Waals surface area contributed by atoms with Crippen LogP contribution in [0.1, 0.15) is 25.7 Å². The maximum absolute atomic E-state index is 5.38. The molecule has 0 atom stereocenters. The van der Waals surface area contributed by atoms with Crippen molar-refractivity contribution in [2.75, 3.05) is 76.2 Å². The minimum atomic E-state index is 0.856. The first kappa shape index (κ1) is 32.7. The Bertz CT molecular complexity index is 1880. The summed E-state index contributed by atoms with van der Waals surface area (Å²) in [6.07, 6.45) is 8.71. The fourth-order valence-electron chi connectivity index (χ4n) is 6.42. The molecular formula is C38H46N10O. The quantitative estimate of drug-likeness (QED) is 0.158. The summed E-state index contributed by atoms with van der Waals surface area (Å²) in [6, 6.07) is 28.5. The lowest BCUT2D eigenvalue weighted by Gasteiger charge is -2.26. The lowest BCUT2D eigenvalue weighted by molar-refractivity contribution is 0.0378. The first-order chi connectivity index (χ1) is 24.3. The number of likely N-dealkylation sites (tertiary alicyclic amines) is 1. The van der Waals surface area contributed by atoms with E-state index in [0.29, 0.717) is 0 Å². The fraction of sp³-hybridized carbons (Fsp3) is 0.368. The van der Waals surface area contributed by atoms with E-state index >= 15 is 0 Å². The Morgan fingerprint density at radius 2 is 1.02 bits per heavy atom. The Morgan fingerprint density at radius 1 is 0.551 bits per heavy atom. The molecule has 0 saturated carbocycles. The van der Waals surface area contributed by atoms with E-state index in [4.69, 9.17) is 14.9 Å². The number of nitrogens with zero attached hydrogens (tertiary/aromatic N) is 8. The molecule has 6 aromatic rings. The summed E-state index contributed by atoms with van der Waals surface area (Å²) in [6.45, 7) is 10.5. The topological polar surface area (TPSA) is 100 Å². The van der Waals surface area contributed by atoms with Gasteiger partial charge in [0, 0.05) is 37.3 Å². The molecule has 11 nitrogen and oxygen atoms in total. The van der Waals surface area contributed by atoms with Gasteiger partial charge in [0.1, 0.15) is 11.6 Å². The third kappa shape index (κ3) is 8.61. The van der Waals surface area contributed by atoms with Gasteiger partial charge >= 0.3 is 0 Å². The summed E-state index contributed by atoms with van der Waals surface area (Å²) in [5.74, 6) is 1.78. The summed E-state index contributed by atoms with van der Waals surface area (Å²) in [4.78, 5) is 13.9. The predicted octanol–water partition coefficient (Wildman–Crippen LogP) is 5.82. The van der Waals surface area contributed by atoms with Crippen molar-refractivity contribution in [2.24, 2.45) is 0 Å². The Labute approximate surface area is 287 Å². The van der Waals surface area contributed by atoms with Gasteiger partial charge in [0.2, 0.25) is 0 Å². The third-order valence-electron chi connectivity index (χ3n) is 9.08. The van der Waals surface area contributed by atoms with Crippen LogP contribution in [0.5, 0.6) is 0 Å². The predicted molar refractivity (Wildman–Crippen MR) is 196 cm³/mol. The molecule has 8 rings (SSSR count). The molecule has 2 fully saturated rings. The maximum atomic E-state index is 5.38. The molecule has 11 heteroatoms. The van der Waals surface area contributed by atoms with Gasteiger partial charge in [-0.05, 0) is 76.1 Å². The molecule has 254 valence electrons. The number of morpholine rings is 1. The fourth-order valence-corrected chi connectivity index (χ4v) is 6.42. The number of rotatable bonds is 12. The molecule has 0 amide bonds. The zero-order valence-electron chi connectivity index (χ0n) is 28.1. The highest BCUT2D eigenvalue weighted by atomic mass is 16.5. The second-order valence-corrected chi connectivity index (χ2v) is 12.6. The molecule has 2 aromatic carbocycles. The van der Waals surface area contributed by atoms with Gasteiger partial charge in [-0.2, -0.15) is 0 Å². The second-order valence-electron chi connectivity index (χ2n) is 12.6. The van der Waals surface area contributed by atoms with Crippen LogP contribution in [0, 0.1) is 0 Å². The van der Waals surface area contributed by atoms with Crippen LogP contribution < -0.4 is 10.6 Å². The first-order valence-electron chi connectivity index (χ1n) is 17.6. The first-order valence-corrected chi connectivity index (χ1v) is 17.6. The highest BCUT2D eigenvalue weighted by molar-refractivity contribution is 5.64. The van der Waals surface area contributed by atoms with Gasteiger partial charge in [0.25, 0.3) is 0 Å². The molecule has 2 aliphatic rings. The number of hydrogen-bond acceptors (Lipinski definition) is 9. The molecule has 6 heterocycles. The Hall–Kier alpha value is -4.84. The summed E-state index contributed by atoms with van der Waals surface area (Å²) in [7, 11) is 0. The van der Waals surface area contributed by atoms with E-state index in [2.05, 4.69) is 54.7 Å². The minimum Gasteiger partial charge on any atom is -0.379 e. The molecule has 0 bridgehead atoms. The van der Waals surface area contributed by atoms with Crippen molar-refractivity contribution in [1.82, 2.24) is 39.0 Å². The van der Waals surface area contributed by atoms with Gasteiger partial charge in [-0.1, -0.05) is 60.7 Å². The van der Waals surface area contributed by atoms with Gasteiger partial charge in [0.15, 0.2) is 11.3 Å². The van der Waals surface area contributed by atoms with Crippen molar-refractivity contribution in [2.45, 2.75) is 25.7 Å². The number of nitrogens with one attached hydrogen (secondary N) is 2. The Balaban J connectivity index is 0.000000154. The number of hydrogen-bond donors (Lipinski definition) is 2. The van der Waals surface area contributed by atoms with Crippen LogP contribution in [0.25, 0.3) is 33.8 Å². The molecule has 0 aliphatic carbocycles. The van der Waals surface area contributed by atoms with Gasteiger partial charge < -0.3 is 20.3 Å². The summed E-state index contributed by atoms with van der Waals surface area (Å²) < 4.78 is 9.20. The minimum absolute atomic E-state index is 0.856. The zero-order valence-corrected chi connectivity index (χ0v) is 28.1. The molecule has 0 spiro atoms. The van der Waals surface area contributed by atoms with E-state index in [9.17, 15) is 0 Å². The Morgan fingerprint density at radius 3 is 1.51 bits per heavy atom. The van der Waals surface area contributed by atoms with Crippen LogP contribution >= 0.6 is 0 Å². The van der Waals surface area contributed by atoms with Crippen LogP contribution in [0.2, 0.25) is 0 Å². The largest absolute Gasteiger partial charge is 0.379 e. The molecular weight excluding hydrogens is 612 g/mol.